The number of carbonyl (C=O) groups is 1. The number of ketones is 1. The predicted octanol–water partition coefficient (Wildman–Crippen LogP) is 0.894. The Kier molecular flexibility index (Phi) is 2.05. The summed E-state index contributed by atoms with van der Waals surface area (Å²) in [5.41, 5.74) is -1.36. The summed E-state index contributed by atoms with van der Waals surface area (Å²) in [4.78, 5) is 11.3. The fraction of sp³-hybridized carbons (Fsp3) is 0.889. The lowest BCUT2D eigenvalue weighted by atomic mass is 9.86. The van der Waals surface area contributed by atoms with Gasteiger partial charge in [-0.05, 0) is 27.7 Å². The van der Waals surface area contributed by atoms with E-state index in [0.717, 1.165) is 0 Å². The van der Waals surface area contributed by atoms with E-state index in [1.54, 1.807) is 27.7 Å². The van der Waals surface area contributed by atoms with Crippen LogP contribution in [0.15, 0.2) is 0 Å². The highest BCUT2D eigenvalue weighted by molar-refractivity contribution is 5.87. The van der Waals surface area contributed by atoms with Gasteiger partial charge in [0.1, 0.15) is 5.60 Å². The molecule has 0 bridgehead atoms. The first-order valence-corrected chi connectivity index (χ1v) is 4.17. The molecule has 1 aliphatic heterocycles. The highest BCUT2D eigenvalue weighted by Gasteiger charge is 2.45. The van der Waals surface area contributed by atoms with Gasteiger partial charge in [0.2, 0.25) is 0 Å². The lowest BCUT2D eigenvalue weighted by molar-refractivity contribution is -0.204. The van der Waals surface area contributed by atoms with Crippen molar-refractivity contribution in [3.63, 3.8) is 0 Å². The Morgan fingerprint density at radius 2 is 1.92 bits per heavy atom. The Hall–Kier alpha value is -0.410. The number of aliphatic hydroxyl groups is 1. The van der Waals surface area contributed by atoms with Crippen LogP contribution in [0.3, 0.4) is 0 Å². The standard InChI is InChI=1S/C9H16O3/c1-8(2)6(10)5-7(11)9(3,4)12-8/h6,10H,5H2,1-4H3. The number of rotatable bonds is 0. The second-order valence-electron chi connectivity index (χ2n) is 4.36. The minimum absolute atomic E-state index is 0.0330. The Balaban J connectivity index is 2.85. The number of hydrogen-bond acceptors (Lipinski definition) is 3. The summed E-state index contributed by atoms with van der Waals surface area (Å²) >= 11 is 0. The fourth-order valence-electron chi connectivity index (χ4n) is 1.45. The van der Waals surface area contributed by atoms with E-state index in [-0.39, 0.29) is 12.2 Å². The molecule has 1 N–H and O–H groups in total. The van der Waals surface area contributed by atoms with Crippen molar-refractivity contribution in [2.45, 2.75) is 51.4 Å². The molecular weight excluding hydrogens is 156 g/mol. The van der Waals surface area contributed by atoms with Crippen molar-refractivity contribution < 1.29 is 14.6 Å². The summed E-state index contributed by atoms with van der Waals surface area (Å²) in [7, 11) is 0. The molecule has 0 saturated carbocycles. The van der Waals surface area contributed by atoms with Gasteiger partial charge in [-0.25, -0.2) is 0 Å². The molecule has 1 saturated heterocycles. The van der Waals surface area contributed by atoms with Gasteiger partial charge in [0.05, 0.1) is 11.7 Å². The molecular formula is C9H16O3. The lowest BCUT2D eigenvalue weighted by Gasteiger charge is -2.43. The fourth-order valence-corrected chi connectivity index (χ4v) is 1.45. The molecule has 0 amide bonds. The monoisotopic (exact) mass is 172 g/mol. The van der Waals surface area contributed by atoms with Crippen LogP contribution < -0.4 is 0 Å². The van der Waals surface area contributed by atoms with Crippen LogP contribution in [0.4, 0.5) is 0 Å². The molecule has 1 rings (SSSR count). The lowest BCUT2D eigenvalue weighted by Crippen LogP contribution is -2.55. The van der Waals surface area contributed by atoms with E-state index in [9.17, 15) is 9.90 Å². The Morgan fingerprint density at radius 3 is 2.33 bits per heavy atom. The summed E-state index contributed by atoms with van der Waals surface area (Å²) in [5, 5.41) is 9.49. The zero-order chi connectivity index (χ0) is 9.57. The highest BCUT2D eigenvalue weighted by Crippen LogP contribution is 2.32. The molecule has 0 aromatic heterocycles. The molecule has 1 aliphatic rings. The molecule has 1 heterocycles. The summed E-state index contributed by atoms with van der Waals surface area (Å²) in [6, 6.07) is 0. The van der Waals surface area contributed by atoms with Crippen molar-refractivity contribution in [3.05, 3.63) is 0 Å². The highest BCUT2D eigenvalue weighted by atomic mass is 16.5. The Labute approximate surface area is 72.7 Å². The van der Waals surface area contributed by atoms with Crippen LogP contribution in [0.25, 0.3) is 0 Å². The van der Waals surface area contributed by atoms with E-state index in [2.05, 4.69) is 0 Å². The van der Waals surface area contributed by atoms with Crippen LogP contribution in [0, 0.1) is 0 Å². The molecule has 3 heteroatoms. The van der Waals surface area contributed by atoms with Crippen LogP contribution in [0.5, 0.6) is 0 Å². The van der Waals surface area contributed by atoms with Gasteiger partial charge >= 0.3 is 0 Å². The zero-order valence-corrected chi connectivity index (χ0v) is 8.05. The van der Waals surface area contributed by atoms with Gasteiger partial charge in [-0.3, -0.25) is 4.79 Å². The molecule has 1 atom stereocenters. The number of aliphatic hydroxyl groups excluding tert-OH is 1. The first-order valence-electron chi connectivity index (χ1n) is 4.17. The number of carbonyl (C=O) groups excluding carboxylic acids is 1. The molecule has 70 valence electrons. The maximum absolute atomic E-state index is 11.3. The summed E-state index contributed by atoms with van der Waals surface area (Å²) < 4.78 is 5.49. The van der Waals surface area contributed by atoms with Crippen molar-refractivity contribution in [1.29, 1.82) is 0 Å². The average molecular weight is 172 g/mol. The van der Waals surface area contributed by atoms with Crippen LogP contribution in [0.1, 0.15) is 34.1 Å². The van der Waals surface area contributed by atoms with Crippen LogP contribution in [-0.2, 0) is 9.53 Å². The third-order valence-electron chi connectivity index (χ3n) is 2.37. The van der Waals surface area contributed by atoms with Gasteiger partial charge in [-0.15, -0.1) is 0 Å². The average Bonchev–Trinajstić information content (AvgIpc) is 1.82. The predicted molar refractivity (Wildman–Crippen MR) is 44.9 cm³/mol. The topological polar surface area (TPSA) is 46.5 Å². The summed E-state index contributed by atoms with van der Waals surface area (Å²) in [6.45, 7) is 7.07. The second kappa shape index (κ2) is 2.54. The normalized spacial score (nSPS) is 33.4. The number of hydrogen-bond donors (Lipinski definition) is 1. The largest absolute Gasteiger partial charge is 0.390 e. The van der Waals surface area contributed by atoms with Crippen molar-refractivity contribution in [2.75, 3.05) is 0 Å². The number of Topliss-reactive ketones (excluding diaryl/α,β-unsaturated/α-hetero) is 1. The first-order chi connectivity index (χ1) is 5.26. The van der Waals surface area contributed by atoms with Crippen LogP contribution in [-0.4, -0.2) is 28.2 Å². The third-order valence-corrected chi connectivity index (χ3v) is 2.37. The van der Waals surface area contributed by atoms with Gasteiger partial charge in [0.25, 0.3) is 0 Å². The SMILES string of the molecule is CC1(C)OC(C)(C)C(O)CC1=O. The molecule has 0 radical (unpaired) electrons. The van der Waals surface area contributed by atoms with Crippen LogP contribution in [0.2, 0.25) is 0 Å². The van der Waals surface area contributed by atoms with Crippen molar-refractivity contribution >= 4 is 5.78 Å². The van der Waals surface area contributed by atoms with E-state index in [4.69, 9.17) is 4.74 Å². The Morgan fingerprint density at radius 1 is 1.42 bits per heavy atom. The maximum atomic E-state index is 11.3. The van der Waals surface area contributed by atoms with E-state index in [0.29, 0.717) is 0 Å². The molecule has 1 unspecified atom stereocenters. The van der Waals surface area contributed by atoms with Gasteiger partial charge in [-0.1, -0.05) is 0 Å². The molecule has 0 aromatic carbocycles. The molecule has 12 heavy (non-hydrogen) atoms. The molecule has 0 spiro atoms. The summed E-state index contributed by atoms with van der Waals surface area (Å²) in [6.07, 6.45) is -0.488. The molecule has 3 nitrogen and oxygen atoms in total. The van der Waals surface area contributed by atoms with E-state index in [1.807, 2.05) is 0 Å². The minimum atomic E-state index is -0.747. The maximum Gasteiger partial charge on any atom is 0.166 e. The third kappa shape index (κ3) is 1.52. The molecule has 1 fully saturated rings. The van der Waals surface area contributed by atoms with Gasteiger partial charge < -0.3 is 9.84 Å². The second-order valence-corrected chi connectivity index (χ2v) is 4.36. The van der Waals surface area contributed by atoms with Gasteiger partial charge in [-0.2, -0.15) is 0 Å². The quantitative estimate of drug-likeness (QED) is 0.590. The van der Waals surface area contributed by atoms with E-state index in [1.165, 1.54) is 0 Å². The van der Waals surface area contributed by atoms with Crippen molar-refractivity contribution in [2.24, 2.45) is 0 Å². The minimum Gasteiger partial charge on any atom is -0.390 e. The first kappa shape index (κ1) is 9.68. The Bertz CT molecular complexity index is 206. The zero-order valence-electron chi connectivity index (χ0n) is 8.05. The summed E-state index contributed by atoms with van der Waals surface area (Å²) in [5.74, 6) is -0.0330. The van der Waals surface area contributed by atoms with E-state index >= 15 is 0 Å². The van der Waals surface area contributed by atoms with Crippen LogP contribution >= 0.6 is 0 Å². The molecule has 0 aromatic rings. The smallest absolute Gasteiger partial charge is 0.166 e. The van der Waals surface area contributed by atoms with Gasteiger partial charge in [0, 0.05) is 6.42 Å². The van der Waals surface area contributed by atoms with E-state index < -0.39 is 17.3 Å². The van der Waals surface area contributed by atoms with Crippen molar-refractivity contribution in [3.8, 4) is 0 Å². The van der Waals surface area contributed by atoms with Gasteiger partial charge in [0.15, 0.2) is 5.78 Å². The molecule has 0 aliphatic carbocycles. The van der Waals surface area contributed by atoms with Crippen molar-refractivity contribution in [1.82, 2.24) is 0 Å². The number of ether oxygens (including phenoxy) is 1.